The number of esters is 1. The molecule has 4 aromatic rings. The number of fused-ring (bicyclic) bond motifs is 1. The highest BCUT2D eigenvalue weighted by molar-refractivity contribution is 7.07. The second kappa shape index (κ2) is 12.1. The Morgan fingerprint density at radius 1 is 1.02 bits per heavy atom. The molecule has 41 heavy (non-hydrogen) atoms. The van der Waals surface area contributed by atoms with Gasteiger partial charge in [-0.15, -0.1) is 0 Å². The number of hydrogen-bond acceptors (Lipinski definition) is 8. The molecule has 3 aromatic carbocycles. The quantitative estimate of drug-likeness (QED) is 0.307. The molecule has 0 bridgehead atoms. The predicted octanol–water partition coefficient (Wildman–Crippen LogP) is 3.41. The number of nitrogens with zero attached hydrogens (tertiary/aromatic N) is 2. The molecule has 2 heterocycles. The molecule has 1 aliphatic rings. The zero-order valence-corrected chi connectivity index (χ0v) is 23.1. The fourth-order valence-electron chi connectivity index (χ4n) is 4.53. The van der Waals surface area contributed by atoms with E-state index in [2.05, 4.69) is 0 Å². The number of carboxylic acid groups (broad SMARTS) is 1. The van der Waals surface area contributed by atoms with Crippen LogP contribution in [0.25, 0.3) is 11.8 Å². The lowest BCUT2D eigenvalue weighted by Crippen LogP contribution is -2.40. The van der Waals surface area contributed by atoms with Crippen LogP contribution in [-0.4, -0.2) is 41.9 Å². The standard InChI is InChI=1S/C31H26N2O7S/c1-3-39-30(37)26-27(20-9-5-4-6-10-20)32-31-33(28(26)21-12-14-22(38-2)15-13-21)29(36)24(41-31)17-19-8-7-11-23(16-19)40-18-25(34)35/h4-17,28H,3,18H2,1-2H3,(H,34,35). The van der Waals surface area contributed by atoms with Crippen LogP contribution in [0, 0.1) is 0 Å². The third-order valence-electron chi connectivity index (χ3n) is 6.32. The van der Waals surface area contributed by atoms with Gasteiger partial charge in [0.2, 0.25) is 0 Å². The number of aromatic nitrogens is 1. The number of methoxy groups -OCH3 is 1. The number of carbonyl (C=O) groups excluding carboxylic acids is 1. The molecule has 1 unspecified atom stereocenters. The lowest BCUT2D eigenvalue weighted by Gasteiger charge is -2.26. The van der Waals surface area contributed by atoms with Crippen molar-refractivity contribution in [1.82, 2.24) is 4.57 Å². The van der Waals surface area contributed by atoms with Gasteiger partial charge in [0.05, 0.1) is 35.6 Å². The molecule has 1 atom stereocenters. The summed E-state index contributed by atoms with van der Waals surface area (Å²) in [6.45, 7) is 1.41. The van der Waals surface area contributed by atoms with E-state index in [9.17, 15) is 14.4 Å². The van der Waals surface area contributed by atoms with Gasteiger partial charge in [0.15, 0.2) is 11.4 Å². The summed E-state index contributed by atoms with van der Waals surface area (Å²) in [5.74, 6) is -0.653. The molecule has 9 nitrogen and oxygen atoms in total. The lowest BCUT2D eigenvalue weighted by atomic mass is 9.93. The summed E-state index contributed by atoms with van der Waals surface area (Å²) in [5.41, 5.74) is 2.41. The molecule has 0 fully saturated rings. The Bertz CT molecular complexity index is 1810. The van der Waals surface area contributed by atoms with Gasteiger partial charge < -0.3 is 19.3 Å². The molecule has 5 rings (SSSR count). The summed E-state index contributed by atoms with van der Waals surface area (Å²) in [4.78, 5) is 43.6. The van der Waals surface area contributed by atoms with Gasteiger partial charge in [-0.3, -0.25) is 9.36 Å². The maximum atomic E-state index is 14.0. The Hall–Kier alpha value is -4.96. The molecule has 0 aliphatic carbocycles. The Morgan fingerprint density at radius 3 is 2.46 bits per heavy atom. The number of carbonyl (C=O) groups is 2. The van der Waals surface area contributed by atoms with Gasteiger partial charge in [-0.1, -0.05) is 65.9 Å². The zero-order valence-electron chi connectivity index (χ0n) is 22.3. The first-order chi connectivity index (χ1) is 19.9. The monoisotopic (exact) mass is 570 g/mol. The van der Waals surface area contributed by atoms with E-state index in [4.69, 9.17) is 24.3 Å². The summed E-state index contributed by atoms with van der Waals surface area (Å²) < 4.78 is 18.0. The third-order valence-corrected chi connectivity index (χ3v) is 7.31. The van der Waals surface area contributed by atoms with Crippen molar-refractivity contribution in [3.8, 4) is 11.5 Å². The second-order valence-electron chi connectivity index (χ2n) is 8.96. The molecule has 0 saturated carbocycles. The molecule has 1 aromatic heterocycles. The van der Waals surface area contributed by atoms with Gasteiger partial charge in [0, 0.05) is 5.56 Å². The van der Waals surface area contributed by atoms with Crippen molar-refractivity contribution in [2.24, 2.45) is 4.99 Å². The minimum Gasteiger partial charge on any atom is -0.497 e. The van der Waals surface area contributed by atoms with Crippen molar-refractivity contribution in [2.45, 2.75) is 13.0 Å². The van der Waals surface area contributed by atoms with E-state index in [1.807, 2.05) is 42.5 Å². The summed E-state index contributed by atoms with van der Waals surface area (Å²) in [6.07, 6.45) is 1.69. The average molecular weight is 571 g/mol. The average Bonchev–Trinajstić information content (AvgIpc) is 3.30. The smallest absolute Gasteiger partial charge is 0.341 e. The molecule has 208 valence electrons. The highest BCUT2D eigenvalue weighted by Crippen LogP contribution is 2.35. The van der Waals surface area contributed by atoms with Crippen LogP contribution in [0.1, 0.15) is 29.7 Å². The number of rotatable bonds is 9. The van der Waals surface area contributed by atoms with Gasteiger partial charge in [0.25, 0.3) is 5.56 Å². The lowest BCUT2D eigenvalue weighted by molar-refractivity contribution is -0.140. The van der Waals surface area contributed by atoms with Crippen molar-refractivity contribution in [1.29, 1.82) is 0 Å². The molecule has 0 amide bonds. The Labute approximate surface area is 238 Å². The Morgan fingerprint density at radius 2 is 1.78 bits per heavy atom. The molecule has 1 N–H and O–H groups in total. The van der Waals surface area contributed by atoms with Crippen LogP contribution in [0.15, 0.2) is 94.2 Å². The molecule has 0 radical (unpaired) electrons. The number of aliphatic carboxylic acids is 1. The van der Waals surface area contributed by atoms with Gasteiger partial charge in [0.1, 0.15) is 11.5 Å². The van der Waals surface area contributed by atoms with Crippen LogP contribution >= 0.6 is 11.3 Å². The van der Waals surface area contributed by atoms with Gasteiger partial charge in [-0.25, -0.2) is 14.6 Å². The first-order valence-corrected chi connectivity index (χ1v) is 13.6. The van der Waals surface area contributed by atoms with Crippen LogP contribution in [-0.2, 0) is 14.3 Å². The largest absolute Gasteiger partial charge is 0.497 e. The van der Waals surface area contributed by atoms with Gasteiger partial charge >= 0.3 is 11.9 Å². The fourth-order valence-corrected chi connectivity index (χ4v) is 5.53. The van der Waals surface area contributed by atoms with Gasteiger partial charge in [-0.2, -0.15) is 0 Å². The van der Waals surface area contributed by atoms with E-state index in [1.54, 1.807) is 56.5 Å². The summed E-state index contributed by atoms with van der Waals surface area (Å²) in [6, 6.07) is 22.5. The molecule has 10 heteroatoms. The van der Waals surface area contributed by atoms with Crippen LogP contribution < -0.4 is 24.4 Å². The minimum absolute atomic E-state index is 0.157. The van der Waals surface area contributed by atoms with Crippen molar-refractivity contribution >= 4 is 35.0 Å². The van der Waals surface area contributed by atoms with E-state index in [-0.39, 0.29) is 17.7 Å². The van der Waals surface area contributed by atoms with Crippen molar-refractivity contribution in [3.05, 3.63) is 121 Å². The Kier molecular flexibility index (Phi) is 8.11. The number of hydrogen-bond donors (Lipinski definition) is 1. The second-order valence-corrected chi connectivity index (χ2v) is 9.97. The van der Waals surface area contributed by atoms with E-state index < -0.39 is 24.6 Å². The SMILES string of the molecule is CCOC(=O)C1=C(c2ccccc2)N=c2sc(=Cc3cccc(OCC(=O)O)c3)c(=O)n2C1c1ccc(OC)cc1. The van der Waals surface area contributed by atoms with Crippen LogP contribution in [0.2, 0.25) is 0 Å². The van der Waals surface area contributed by atoms with E-state index in [0.29, 0.717) is 37.7 Å². The Balaban J connectivity index is 1.74. The van der Waals surface area contributed by atoms with Crippen LogP contribution in [0.5, 0.6) is 11.5 Å². The van der Waals surface area contributed by atoms with E-state index >= 15 is 0 Å². The van der Waals surface area contributed by atoms with E-state index in [0.717, 1.165) is 5.56 Å². The predicted molar refractivity (Wildman–Crippen MR) is 154 cm³/mol. The van der Waals surface area contributed by atoms with Crippen molar-refractivity contribution < 1.29 is 28.9 Å². The van der Waals surface area contributed by atoms with Crippen molar-refractivity contribution in [2.75, 3.05) is 20.3 Å². The summed E-state index contributed by atoms with van der Waals surface area (Å²) in [5, 5.41) is 8.93. The summed E-state index contributed by atoms with van der Waals surface area (Å²) >= 11 is 1.19. The van der Waals surface area contributed by atoms with Gasteiger partial charge in [-0.05, 0) is 48.4 Å². The minimum atomic E-state index is -1.09. The molecule has 0 spiro atoms. The third kappa shape index (κ3) is 5.82. The van der Waals surface area contributed by atoms with Crippen LogP contribution in [0.4, 0.5) is 0 Å². The molecule has 0 saturated heterocycles. The number of thiazole rings is 1. The maximum Gasteiger partial charge on any atom is 0.341 e. The normalized spacial score (nSPS) is 14.7. The molecular weight excluding hydrogens is 544 g/mol. The summed E-state index contributed by atoms with van der Waals surface area (Å²) in [7, 11) is 1.57. The topological polar surface area (TPSA) is 116 Å². The number of ether oxygens (including phenoxy) is 3. The fraction of sp³-hybridized carbons (Fsp3) is 0.161. The first-order valence-electron chi connectivity index (χ1n) is 12.8. The number of benzene rings is 3. The van der Waals surface area contributed by atoms with Crippen molar-refractivity contribution in [3.63, 3.8) is 0 Å². The molecular formula is C31H26N2O7S. The zero-order chi connectivity index (χ0) is 28.9. The van der Waals surface area contributed by atoms with E-state index in [1.165, 1.54) is 15.9 Å². The molecule has 1 aliphatic heterocycles. The highest BCUT2D eigenvalue weighted by Gasteiger charge is 2.35. The first kappa shape index (κ1) is 27.6. The highest BCUT2D eigenvalue weighted by atomic mass is 32.1. The number of carboxylic acids is 1. The maximum absolute atomic E-state index is 14.0. The van der Waals surface area contributed by atoms with Crippen LogP contribution in [0.3, 0.4) is 0 Å².